The molecule has 122 valence electrons. The smallest absolute Gasteiger partial charge is 0.243 e. The van der Waals surface area contributed by atoms with Gasteiger partial charge in [-0.25, -0.2) is 0 Å². The number of hydrogen-bond acceptors (Lipinski definition) is 3. The maximum absolute atomic E-state index is 11.9. The SMILES string of the molecule is CC(C)Oc1ccc(NCC(=O)Nc2ccc(Cl)cc2Cl)cc1. The molecule has 0 saturated heterocycles. The highest BCUT2D eigenvalue weighted by Gasteiger charge is 2.06. The van der Waals surface area contributed by atoms with Crippen LogP contribution in [0.5, 0.6) is 5.75 Å². The number of rotatable bonds is 6. The fourth-order valence-electron chi connectivity index (χ4n) is 1.89. The third kappa shape index (κ3) is 5.66. The Balaban J connectivity index is 1.86. The minimum Gasteiger partial charge on any atom is -0.491 e. The second-order valence-electron chi connectivity index (χ2n) is 5.22. The van der Waals surface area contributed by atoms with Gasteiger partial charge in [-0.2, -0.15) is 0 Å². The second kappa shape index (κ2) is 8.09. The third-order valence-corrected chi connectivity index (χ3v) is 3.43. The van der Waals surface area contributed by atoms with E-state index in [0.29, 0.717) is 15.7 Å². The molecule has 0 fully saturated rings. The summed E-state index contributed by atoms with van der Waals surface area (Å²) in [5, 5.41) is 6.69. The van der Waals surface area contributed by atoms with Crippen molar-refractivity contribution in [2.24, 2.45) is 0 Å². The van der Waals surface area contributed by atoms with E-state index in [2.05, 4.69) is 10.6 Å². The lowest BCUT2D eigenvalue weighted by Crippen LogP contribution is -2.21. The number of amides is 1. The van der Waals surface area contributed by atoms with Crippen LogP contribution in [0.4, 0.5) is 11.4 Å². The molecule has 2 aromatic rings. The molecule has 0 heterocycles. The van der Waals surface area contributed by atoms with Crippen molar-refractivity contribution in [3.63, 3.8) is 0 Å². The average Bonchev–Trinajstić information content (AvgIpc) is 2.49. The van der Waals surface area contributed by atoms with Gasteiger partial charge in [0.25, 0.3) is 0 Å². The molecule has 0 aliphatic rings. The molecule has 0 unspecified atom stereocenters. The molecule has 0 spiro atoms. The quantitative estimate of drug-likeness (QED) is 0.782. The van der Waals surface area contributed by atoms with Crippen molar-refractivity contribution in [1.29, 1.82) is 0 Å². The summed E-state index contributed by atoms with van der Waals surface area (Å²) in [6.07, 6.45) is 0.128. The van der Waals surface area contributed by atoms with Gasteiger partial charge in [0.1, 0.15) is 5.75 Å². The van der Waals surface area contributed by atoms with E-state index >= 15 is 0 Å². The zero-order valence-corrected chi connectivity index (χ0v) is 14.4. The van der Waals surface area contributed by atoms with E-state index in [9.17, 15) is 4.79 Å². The molecule has 4 nitrogen and oxygen atoms in total. The van der Waals surface area contributed by atoms with Crippen LogP contribution in [0.15, 0.2) is 42.5 Å². The van der Waals surface area contributed by atoms with Crippen LogP contribution in [0, 0.1) is 0 Å². The lowest BCUT2D eigenvalue weighted by Gasteiger charge is -2.11. The minimum absolute atomic E-state index is 0.128. The molecule has 0 aliphatic carbocycles. The predicted molar refractivity (Wildman–Crippen MR) is 95.8 cm³/mol. The van der Waals surface area contributed by atoms with Crippen LogP contribution in [0.2, 0.25) is 10.0 Å². The summed E-state index contributed by atoms with van der Waals surface area (Å²) in [4.78, 5) is 11.9. The Labute approximate surface area is 145 Å². The Morgan fingerprint density at radius 1 is 1.13 bits per heavy atom. The molecule has 2 aromatic carbocycles. The standard InChI is InChI=1S/C17H18Cl2N2O2/c1-11(2)23-14-6-4-13(5-7-14)20-10-17(22)21-16-8-3-12(18)9-15(16)19/h3-9,11,20H,10H2,1-2H3,(H,21,22). The van der Waals surface area contributed by atoms with Gasteiger partial charge in [-0.05, 0) is 56.3 Å². The van der Waals surface area contributed by atoms with E-state index in [1.165, 1.54) is 0 Å². The molecule has 2 rings (SSSR count). The topological polar surface area (TPSA) is 50.4 Å². The molecular formula is C17H18Cl2N2O2. The van der Waals surface area contributed by atoms with Gasteiger partial charge in [-0.1, -0.05) is 23.2 Å². The summed E-state index contributed by atoms with van der Waals surface area (Å²) >= 11 is 11.8. The maximum Gasteiger partial charge on any atom is 0.243 e. The maximum atomic E-state index is 11.9. The van der Waals surface area contributed by atoms with E-state index < -0.39 is 0 Å². The van der Waals surface area contributed by atoms with Gasteiger partial charge in [0.05, 0.1) is 23.4 Å². The van der Waals surface area contributed by atoms with Crippen molar-refractivity contribution in [3.05, 3.63) is 52.5 Å². The first-order valence-electron chi connectivity index (χ1n) is 7.19. The molecule has 0 atom stereocenters. The van der Waals surface area contributed by atoms with Gasteiger partial charge in [-0.15, -0.1) is 0 Å². The fraction of sp³-hybridized carbons (Fsp3) is 0.235. The molecule has 0 aliphatic heterocycles. The van der Waals surface area contributed by atoms with Crippen molar-refractivity contribution < 1.29 is 9.53 Å². The molecule has 0 saturated carbocycles. The predicted octanol–water partition coefficient (Wildman–Crippen LogP) is 4.83. The Bertz CT molecular complexity index is 673. The highest BCUT2D eigenvalue weighted by molar-refractivity contribution is 6.36. The molecule has 0 aromatic heterocycles. The highest BCUT2D eigenvalue weighted by Crippen LogP contribution is 2.25. The first-order chi connectivity index (χ1) is 10.9. The lowest BCUT2D eigenvalue weighted by molar-refractivity contribution is -0.114. The Hall–Kier alpha value is -1.91. The molecule has 23 heavy (non-hydrogen) atoms. The van der Waals surface area contributed by atoms with E-state index in [0.717, 1.165) is 11.4 Å². The van der Waals surface area contributed by atoms with E-state index in [-0.39, 0.29) is 18.6 Å². The van der Waals surface area contributed by atoms with Gasteiger partial charge in [0.2, 0.25) is 5.91 Å². The number of carbonyl (C=O) groups is 1. The molecule has 6 heteroatoms. The largest absolute Gasteiger partial charge is 0.491 e. The van der Waals surface area contributed by atoms with Crippen molar-refractivity contribution in [3.8, 4) is 5.75 Å². The van der Waals surface area contributed by atoms with E-state index in [1.807, 2.05) is 38.1 Å². The number of ether oxygens (including phenoxy) is 1. The molecule has 0 bridgehead atoms. The normalized spacial score (nSPS) is 10.5. The number of nitrogens with one attached hydrogen (secondary N) is 2. The highest BCUT2D eigenvalue weighted by atomic mass is 35.5. The average molecular weight is 353 g/mol. The first kappa shape index (κ1) is 17.4. The van der Waals surface area contributed by atoms with Crippen LogP contribution < -0.4 is 15.4 Å². The number of anilines is 2. The van der Waals surface area contributed by atoms with Crippen molar-refractivity contribution in [2.75, 3.05) is 17.2 Å². The van der Waals surface area contributed by atoms with Gasteiger partial charge in [0.15, 0.2) is 0 Å². The number of carbonyl (C=O) groups excluding carboxylic acids is 1. The van der Waals surface area contributed by atoms with Crippen LogP contribution in [0.3, 0.4) is 0 Å². The van der Waals surface area contributed by atoms with Crippen molar-refractivity contribution >= 4 is 40.5 Å². The van der Waals surface area contributed by atoms with Crippen LogP contribution in [0.25, 0.3) is 0 Å². The van der Waals surface area contributed by atoms with Crippen molar-refractivity contribution in [1.82, 2.24) is 0 Å². The molecule has 0 radical (unpaired) electrons. The Morgan fingerprint density at radius 2 is 1.83 bits per heavy atom. The molecule has 1 amide bonds. The Kier molecular flexibility index (Phi) is 6.13. The second-order valence-corrected chi connectivity index (χ2v) is 6.06. The third-order valence-electron chi connectivity index (χ3n) is 2.88. The van der Waals surface area contributed by atoms with E-state index in [4.69, 9.17) is 27.9 Å². The van der Waals surface area contributed by atoms with Gasteiger partial charge in [0, 0.05) is 10.7 Å². The summed E-state index contributed by atoms with van der Waals surface area (Å²) in [7, 11) is 0. The molecule has 2 N–H and O–H groups in total. The lowest BCUT2D eigenvalue weighted by atomic mass is 10.3. The van der Waals surface area contributed by atoms with Crippen LogP contribution in [-0.2, 0) is 4.79 Å². The summed E-state index contributed by atoms with van der Waals surface area (Å²) in [6, 6.07) is 12.4. The molecular weight excluding hydrogens is 335 g/mol. The van der Waals surface area contributed by atoms with Crippen LogP contribution >= 0.6 is 23.2 Å². The van der Waals surface area contributed by atoms with Gasteiger partial charge >= 0.3 is 0 Å². The van der Waals surface area contributed by atoms with Gasteiger partial charge in [-0.3, -0.25) is 4.79 Å². The summed E-state index contributed by atoms with van der Waals surface area (Å²) in [5.41, 5.74) is 1.36. The summed E-state index contributed by atoms with van der Waals surface area (Å²) in [5.74, 6) is 0.597. The Morgan fingerprint density at radius 3 is 2.43 bits per heavy atom. The number of benzene rings is 2. The first-order valence-corrected chi connectivity index (χ1v) is 7.95. The van der Waals surface area contributed by atoms with Crippen LogP contribution in [0.1, 0.15) is 13.8 Å². The monoisotopic (exact) mass is 352 g/mol. The summed E-state index contributed by atoms with van der Waals surface area (Å²) < 4.78 is 5.56. The van der Waals surface area contributed by atoms with E-state index in [1.54, 1.807) is 18.2 Å². The summed E-state index contributed by atoms with van der Waals surface area (Å²) in [6.45, 7) is 4.07. The zero-order valence-electron chi connectivity index (χ0n) is 12.9. The number of hydrogen-bond donors (Lipinski definition) is 2. The van der Waals surface area contributed by atoms with Gasteiger partial charge < -0.3 is 15.4 Å². The minimum atomic E-state index is -0.197. The number of halogens is 2. The van der Waals surface area contributed by atoms with Crippen LogP contribution in [-0.4, -0.2) is 18.6 Å². The zero-order chi connectivity index (χ0) is 16.8. The fourth-order valence-corrected chi connectivity index (χ4v) is 2.35. The van der Waals surface area contributed by atoms with Crippen molar-refractivity contribution in [2.45, 2.75) is 20.0 Å².